The van der Waals surface area contributed by atoms with E-state index in [0.29, 0.717) is 6.10 Å². The first-order valence-electron chi connectivity index (χ1n) is 5.72. The highest BCUT2D eigenvalue weighted by atomic mass is 32.1. The van der Waals surface area contributed by atoms with Crippen molar-refractivity contribution in [3.05, 3.63) is 16.3 Å². The summed E-state index contributed by atoms with van der Waals surface area (Å²) < 4.78 is 10.7. The molecule has 3 nitrogen and oxygen atoms in total. The summed E-state index contributed by atoms with van der Waals surface area (Å²) in [4.78, 5) is 0.931. The lowest BCUT2D eigenvalue weighted by atomic mass is 10.1. The van der Waals surface area contributed by atoms with Crippen molar-refractivity contribution in [2.75, 3.05) is 13.7 Å². The van der Waals surface area contributed by atoms with Gasteiger partial charge in [-0.15, -0.1) is 11.3 Å². The Bertz CT molecular complexity index is 318. The molecule has 1 aliphatic heterocycles. The van der Waals surface area contributed by atoms with Crippen molar-refractivity contribution in [1.29, 1.82) is 0 Å². The van der Waals surface area contributed by atoms with Gasteiger partial charge >= 0.3 is 0 Å². The number of thiophene rings is 1. The molecule has 2 heterocycles. The van der Waals surface area contributed by atoms with Crippen LogP contribution >= 0.6 is 11.3 Å². The molecule has 4 heteroatoms. The van der Waals surface area contributed by atoms with Gasteiger partial charge in [-0.2, -0.15) is 0 Å². The highest BCUT2D eigenvalue weighted by molar-refractivity contribution is 7.10. The average molecular weight is 242 g/mol. The largest absolute Gasteiger partial charge is 0.495 e. The molecule has 0 aromatic carbocycles. The van der Waals surface area contributed by atoms with Crippen LogP contribution in [0.15, 0.2) is 11.4 Å². The van der Waals surface area contributed by atoms with Gasteiger partial charge < -0.3 is 14.6 Å². The van der Waals surface area contributed by atoms with Crippen molar-refractivity contribution in [2.24, 2.45) is 0 Å². The van der Waals surface area contributed by atoms with Gasteiger partial charge in [0.25, 0.3) is 0 Å². The first-order valence-corrected chi connectivity index (χ1v) is 6.60. The molecule has 2 rings (SSSR count). The Morgan fingerprint density at radius 3 is 3.25 bits per heavy atom. The van der Waals surface area contributed by atoms with E-state index >= 15 is 0 Å². The monoisotopic (exact) mass is 242 g/mol. The first kappa shape index (κ1) is 11.9. The van der Waals surface area contributed by atoms with E-state index < -0.39 is 6.10 Å². The van der Waals surface area contributed by atoms with E-state index in [9.17, 15) is 5.11 Å². The molecule has 1 aromatic heterocycles. The smallest absolute Gasteiger partial charge is 0.135 e. The number of methoxy groups -OCH3 is 1. The molecule has 90 valence electrons. The Morgan fingerprint density at radius 2 is 2.56 bits per heavy atom. The van der Waals surface area contributed by atoms with Crippen molar-refractivity contribution < 1.29 is 14.6 Å². The second-order valence-electron chi connectivity index (χ2n) is 4.08. The van der Waals surface area contributed by atoms with Gasteiger partial charge in [0.2, 0.25) is 0 Å². The lowest BCUT2D eigenvalue weighted by Crippen LogP contribution is -2.07. The molecule has 16 heavy (non-hydrogen) atoms. The van der Waals surface area contributed by atoms with E-state index in [2.05, 4.69) is 0 Å². The number of hydrogen-bond acceptors (Lipinski definition) is 4. The Morgan fingerprint density at radius 1 is 1.69 bits per heavy atom. The Balaban J connectivity index is 1.84. The van der Waals surface area contributed by atoms with E-state index in [1.807, 2.05) is 11.4 Å². The maximum Gasteiger partial charge on any atom is 0.135 e. The summed E-state index contributed by atoms with van der Waals surface area (Å²) in [6.07, 6.45) is 3.90. The fourth-order valence-electron chi connectivity index (χ4n) is 2.07. The van der Waals surface area contributed by atoms with Crippen LogP contribution in [-0.2, 0) is 4.74 Å². The van der Waals surface area contributed by atoms with Gasteiger partial charge in [-0.05, 0) is 37.1 Å². The summed E-state index contributed by atoms with van der Waals surface area (Å²) in [6, 6.07) is 1.90. The second-order valence-corrected chi connectivity index (χ2v) is 5.03. The lowest BCUT2D eigenvalue weighted by Gasteiger charge is -2.13. The molecule has 1 fully saturated rings. The predicted octanol–water partition coefficient (Wildman–Crippen LogP) is 2.75. The summed E-state index contributed by atoms with van der Waals surface area (Å²) in [5.41, 5.74) is 0. The van der Waals surface area contributed by atoms with E-state index in [4.69, 9.17) is 9.47 Å². The molecule has 0 aliphatic carbocycles. The van der Waals surface area contributed by atoms with E-state index in [0.717, 1.165) is 42.9 Å². The number of aliphatic hydroxyl groups is 1. The van der Waals surface area contributed by atoms with Crippen LogP contribution in [0, 0.1) is 0 Å². The van der Waals surface area contributed by atoms with Gasteiger partial charge in [-0.1, -0.05) is 0 Å². The van der Waals surface area contributed by atoms with E-state index in [-0.39, 0.29) is 0 Å². The molecule has 2 atom stereocenters. The summed E-state index contributed by atoms with van der Waals surface area (Å²) in [7, 11) is 1.64. The zero-order valence-corrected chi connectivity index (χ0v) is 10.3. The number of hydrogen-bond donors (Lipinski definition) is 1. The van der Waals surface area contributed by atoms with Gasteiger partial charge in [0, 0.05) is 6.61 Å². The maximum absolute atomic E-state index is 10.1. The van der Waals surface area contributed by atoms with Crippen molar-refractivity contribution >= 4 is 11.3 Å². The van der Waals surface area contributed by atoms with Crippen LogP contribution in [0.2, 0.25) is 0 Å². The van der Waals surface area contributed by atoms with Gasteiger partial charge in [0.1, 0.15) is 5.75 Å². The highest BCUT2D eigenvalue weighted by Gasteiger charge is 2.20. The average Bonchev–Trinajstić information content (AvgIpc) is 2.96. The third-order valence-corrected chi connectivity index (χ3v) is 3.97. The van der Waals surface area contributed by atoms with Gasteiger partial charge in [0.15, 0.2) is 0 Å². The van der Waals surface area contributed by atoms with Crippen molar-refractivity contribution in [3.63, 3.8) is 0 Å². The van der Waals surface area contributed by atoms with Crippen LogP contribution in [-0.4, -0.2) is 24.9 Å². The maximum atomic E-state index is 10.1. The quantitative estimate of drug-likeness (QED) is 0.863. The molecule has 2 unspecified atom stereocenters. The Labute approximate surface area is 100 Å². The van der Waals surface area contributed by atoms with Gasteiger partial charge in [0.05, 0.1) is 24.2 Å². The minimum absolute atomic E-state index is 0.348. The molecule has 0 radical (unpaired) electrons. The summed E-state index contributed by atoms with van der Waals surface area (Å²) in [5.74, 6) is 0.796. The molecule has 1 aliphatic rings. The molecule has 0 spiro atoms. The SMILES string of the molecule is COc1ccsc1C(O)CCC1CCCO1. The standard InChI is InChI=1S/C12H18O3S/c1-14-11-6-8-16-12(11)10(13)5-4-9-3-2-7-15-9/h6,8-10,13H,2-5,7H2,1H3. The predicted molar refractivity (Wildman–Crippen MR) is 64.0 cm³/mol. The number of ether oxygens (including phenoxy) is 2. The highest BCUT2D eigenvalue weighted by Crippen LogP contribution is 2.34. The lowest BCUT2D eigenvalue weighted by molar-refractivity contribution is 0.0815. The molecule has 1 N–H and O–H groups in total. The molecule has 1 aromatic rings. The van der Waals surface area contributed by atoms with Gasteiger partial charge in [-0.25, -0.2) is 0 Å². The molecule has 0 bridgehead atoms. The third-order valence-electron chi connectivity index (χ3n) is 2.97. The van der Waals surface area contributed by atoms with Crippen molar-refractivity contribution in [2.45, 2.75) is 37.9 Å². The molecular formula is C12H18O3S. The summed E-state index contributed by atoms with van der Waals surface area (Å²) in [5, 5.41) is 12.0. The second kappa shape index (κ2) is 5.66. The van der Waals surface area contributed by atoms with Crippen LogP contribution in [0.25, 0.3) is 0 Å². The van der Waals surface area contributed by atoms with Crippen molar-refractivity contribution in [3.8, 4) is 5.75 Å². The summed E-state index contributed by atoms with van der Waals surface area (Å²) in [6.45, 7) is 0.878. The molecule has 0 amide bonds. The normalized spacial score (nSPS) is 22.2. The topological polar surface area (TPSA) is 38.7 Å². The minimum atomic E-state index is -0.417. The van der Waals surface area contributed by atoms with Crippen LogP contribution in [0.4, 0.5) is 0 Å². The Kier molecular flexibility index (Phi) is 4.21. The first-order chi connectivity index (χ1) is 7.81. The van der Waals surface area contributed by atoms with Crippen molar-refractivity contribution in [1.82, 2.24) is 0 Å². The van der Waals surface area contributed by atoms with Crippen LogP contribution < -0.4 is 4.74 Å². The van der Waals surface area contributed by atoms with Crippen LogP contribution in [0.5, 0.6) is 5.75 Å². The van der Waals surface area contributed by atoms with Crippen LogP contribution in [0.3, 0.4) is 0 Å². The molecule has 1 saturated heterocycles. The minimum Gasteiger partial charge on any atom is -0.495 e. The Hall–Kier alpha value is -0.580. The van der Waals surface area contributed by atoms with E-state index in [1.165, 1.54) is 0 Å². The number of rotatable bonds is 5. The fraction of sp³-hybridized carbons (Fsp3) is 0.667. The zero-order chi connectivity index (χ0) is 11.4. The third kappa shape index (κ3) is 2.75. The fourth-order valence-corrected chi connectivity index (χ4v) is 2.95. The zero-order valence-electron chi connectivity index (χ0n) is 9.52. The summed E-state index contributed by atoms with van der Waals surface area (Å²) >= 11 is 1.55. The molecule has 0 saturated carbocycles. The van der Waals surface area contributed by atoms with E-state index in [1.54, 1.807) is 18.4 Å². The number of aliphatic hydroxyl groups excluding tert-OH is 1. The molecular weight excluding hydrogens is 224 g/mol. The van der Waals surface area contributed by atoms with Gasteiger partial charge in [-0.3, -0.25) is 0 Å². The van der Waals surface area contributed by atoms with Crippen LogP contribution in [0.1, 0.15) is 36.7 Å².